The zero-order chi connectivity index (χ0) is 16.8. The predicted molar refractivity (Wildman–Crippen MR) is 92.2 cm³/mol. The molecule has 0 aliphatic heterocycles. The van der Waals surface area contributed by atoms with Gasteiger partial charge in [0.1, 0.15) is 0 Å². The Morgan fingerprint density at radius 3 is 2.46 bits per heavy atom. The van der Waals surface area contributed by atoms with Crippen LogP contribution in [0.2, 0.25) is 0 Å². The second-order valence-electron chi connectivity index (χ2n) is 5.86. The molecule has 3 rings (SSSR count). The molecule has 0 unspecified atom stereocenters. The summed E-state index contributed by atoms with van der Waals surface area (Å²) in [6, 6.07) is 16.6. The average molecular weight is 324 g/mol. The van der Waals surface area contributed by atoms with Crippen LogP contribution in [0.25, 0.3) is 0 Å². The lowest BCUT2D eigenvalue weighted by atomic mass is 10.1. The summed E-state index contributed by atoms with van der Waals surface area (Å²) in [4.78, 5) is 24.0. The van der Waals surface area contributed by atoms with Gasteiger partial charge >= 0.3 is 5.97 Å². The van der Waals surface area contributed by atoms with E-state index in [0.29, 0.717) is 23.7 Å². The van der Waals surface area contributed by atoms with Crippen molar-refractivity contribution in [2.45, 2.75) is 12.8 Å². The third kappa shape index (κ3) is 4.59. The van der Waals surface area contributed by atoms with E-state index in [9.17, 15) is 9.59 Å². The molecule has 0 spiro atoms. The first-order chi connectivity index (χ1) is 11.7. The maximum Gasteiger partial charge on any atom is 0.340 e. The van der Waals surface area contributed by atoms with E-state index in [1.165, 1.54) is 12.8 Å². The molecule has 1 aliphatic rings. The van der Waals surface area contributed by atoms with Gasteiger partial charge in [-0.2, -0.15) is 0 Å². The molecule has 5 nitrogen and oxygen atoms in total. The Morgan fingerprint density at radius 1 is 1.00 bits per heavy atom. The minimum atomic E-state index is -0.518. The van der Waals surface area contributed by atoms with Gasteiger partial charge in [0.15, 0.2) is 6.61 Å². The molecule has 1 aliphatic carbocycles. The van der Waals surface area contributed by atoms with Crippen molar-refractivity contribution in [1.82, 2.24) is 5.32 Å². The zero-order valence-electron chi connectivity index (χ0n) is 13.3. The fourth-order valence-electron chi connectivity index (χ4n) is 2.29. The molecule has 0 bridgehead atoms. The number of anilines is 2. The van der Waals surface area contributed by atoms with Crippen LogP contribution in [0.4, 0.5) is 11.4 Å². The van der Waals surface area contributed by atoms with Crippen LogP contribution in [0.1, 0.15) is 23.2 Å². The molecule has 1 amide bonds. The van der Waals surface area contributed by atoms with Gasteiger partial charge in [0, 0.05) is 12.2 Å². The number of nitrogens with one attached hydrogen (secondary N) is 2. The van der Waals surface area contributed by atoms with Gasteiger partial charge in [0.2, 0.25) is 0 Å². The number of rotatable bonds is 7. The molecule has 0 atom stereocenters. The summed E-state index contributed by atoms with van der Waals surface area (Å²) in [5, 5.41) is 5.96. The lowest BCUT2D eigenvalue weighted by Gasteiger charge is -2.12. The smallest absolute Gasteiger partial charge is 0.340 e. The maximum atomic E-state index is 12.3. The molecule has 124 valence electrons. The van der Waals surface area contributed by atoms with Crippen LogP contribution < -0.4 is 10.6 Å². The van der Waals surface area contributed by atoms with Crippen molar-refractivity contribution < 1.29 is 14.3 Å². The van der Waals surface area contributed by atoms with Crippen molar-refractivity contribution in [3.8, 4) is 0 Å². The number of esters is 1. The Labute approximate surface area is 141 Å². The quantitative estimate of drug-likeness (QED) is 0.768. The number of hydrogen-bond acceptors (Lipinski definition) is 4. The van der Waals surface area contributed by atoms with Crippen molar-refractivity contribution in [3.63, 3.8) is 0 Å². The summed E-state index contributed by atoms with van der Waals surface area (Å²) in [7, 11) is 0. The van der Waals surface area contributed by atoms with Gasteiger partial charge in [0.25, 0.3) is 5.91 Å². The zero-order valence-corrected chi connectivity index (χ0v) is 13.3. The van der Waals surface area contributed by atoms with Gasteiger partial charge < -0.3 is 15.4 Å². The Balaban J connectivity index is 1.58. The standard InChI is InChI=1S/C19H20N2O3/c22-18(20-12-14-10-11-14)13-24-19(23)16-8-4-5-9-17(16)21-15-6-2-1-3-7-15/h1-9,14,21H,10-13H2,(H,20,22). The largest absolute Gasteiger partial charge is 0.452 e. The molecule has 24 heavy (non-hydrogen) atoms. The van der Waals surface area contributed by atoms with Gasteiger partial charge in [-0.1, -0.05) is 30.3 Å². The highest BCUT2D eigenvalue weighted by Crippen LogP contribution is 2.27. The Morgan fingerprint density at radius 2 is 1.71 bits per heavy atom. The normalized spacial score (nSPS) is 13.2. The highest BCUT2D eigenvalue weighted by molar-refractivity contribution is 5.97. The molecule has 1 saturated carbocycles. The molecular formula is C19H20N2O3. The van der Waals surface area contributed by atoms with E-state index in [0.717, 1.165) is 5.69 Å². The van der Waals surface area contributed by atoms with Gasteiger partial charge in [-0.25, -0.2) is 4.79 Å². The molecular weight excluding hydrogens is 304 g/mol. The number of amides is 1. The van der Waals surface area contributed by atoms with E-state index in [4.69, 9.17) is 4.74 Å². The Bertz CT molecular complexity index is 712. The van der Waals surface area contributed by atoms with Gasteiger partial charge in [-0.3, -0.25) is 4.79 Å². The van der Waals surface area contributed by atoms with Crippen molar-refractivity contribution in [2.24, 2.45) is 5.92 Å². The fourth-order valence-corrected chi connectivity index (χ4v) is 2.29. The van der Waals surface area contributed by atoms with Gasteiger partial charge in [-0.15, -0.1) is 0 Å². The summed E-state index contributed by atoms with van der Waals surface area (Å²) in [6.07, 6.45) is 2.33. The SMILES string of the molecule is O=C(COC(=O)c1ccccc1Nc1ccccc1)NCC1CC1. The van der Waals surface area contributed by atoms with Crippen LogP contribution in [0, 0.1) is 5.92 Å². The van der Waals surface area contributed by atoms with Crippen LogP contribution in [0.5, 0.6) is 0 Å². The molecule has 2 N–H and O–H groups in total. The van der Waals surface area contributed by atoms with Crippen molar-refractivity contribution in [3.05, 3.63) is 60.2 Å². The highest BCUT2D eigenvalue weighted by Gasteiger charge is 2.22. The molecule has 2 aromatic carbocycles. The topological polar surface area (TPSA) is 67.4 Å². The second kappa shape index (κ2) is 7.64. The lowest BCUT2D eigenvalue weighted by molar-refractivity contribution is -0.124. The molecule has 5 heteroatoms. The van der Waals surface area contributed by atoms with Gasteiger partial charge in [0.05, 0.1) is 11.3 Å². The Hall–Kier alpha value is -2.82. The van der Waals surface area contributed by atoms with Crippen molar-refractivity contribution >= 4 is 23.3 Å². The van der Waals surface area contributed by atoms with Crippen molar-refractivity contribution in [1.29, 1.82) is 0 Å². The third-order valence-corrected chi connectivity index (χ3v) is 3.82. The number of hydrogen-bond donors (Lipinski definition) is 2. The van der Waals surface area contributed by atoms with E-state index in [-0.39, 0.29) is 12.5 Å². The van der Waals surface area contributed by atoms with Gasteiger partial charge in [-0.05, 0) is 43.0 Å². The minimum Gasteiger partial charge on any atom is -0.452 e. The van der Waals surface area contributed by atoms with E-state index < -0.39 is 5.97 Å². The van der Waals surface area contributed by atoms with E-state index in [2.05, 4.69) is 10.6 Å². The van der Waals surface area contributed by atoms with Crippen LogP contribution in [-0.4, -0.2) is 25.0 Å². The fraction of sp³-hybridized carbons (Fsp3) is 0.263. The summed E-state index contributed by atoms with van der Waals surface area (Å²) >= 11 is 0. The average Bonchev–Trinajstić information content (AvgIpc) is 3.44. The second-order valence-corrected chi connectivity index (χ2v) is 5.86. The molecule has 1 fully saturated rings. The van der Waals surface area contributed by atoms with E-state index >= 15 is 0 Å². The first kappa shape index (κ1) is 16.1. The predicted octanol–water partition coefficient (Wildman–Crippen LogP) is 3.11. The third-order valence-electron chi connectivity index (χ3n) is 3.82. The van der Waals surface area contributed by atoms with E-state index in [1.54, 1.807) is 18.2 Å². The van der Waals surface area contributed by atoms with Crippen molar-refractivity contribution in [2.75, 3.05) is 18.5 Å². The number of carbonyl (C=O) groups is 2. The molecule has 0 heterocycles. The summed E-state index contributed by atoms with van der Waals surface area (Å²) in [5.74, 6) is -0.181. The number of ether oxygens (including phenoxy) is 1. The molecule has 0 aromatic heterocycles. The monoisotopic (exact) mass is 324 g/mol. The summed E-state index contributed by atoms with van der Waals surface area (Å²) in [5.41, 5.74) is 1.92. The first-order valence-electron chi connectivity index (χ1n) is 8.07. The molecule has 0 radical (unpaired) electrons. The number of carbonyl (C=O) groups excluding carboxylic acids is 2. The van der Waals surface area contributed by atoms with Crippen LogP contribution in [0.15, 0.2) is 54.6 Å². The van der Waals surface area contributed by atoms with E-state index in [1.807, 2.05) is 36.4 Å². The van der Waals surface area contributed by atoms with Crippen LogP contribution in [0.3, 0.4) is 0 Å². The Kier molecular flexibility index (Phi) is 5.11. The lowest BCUT2D eigenvalue weighted by Crippen LogP contribution is -2.30. The number of para-hydroxylation sites is 2. The maximum absolute atomic E-state index is 12.3. The summed E-state index contributed by atoms with van der Waals surface area (Å²) in [6.45, 7) is 0.410. The number of benzene rings is 2. The first-order valence-corrected chi connectivity index (χ1v) is 8.07. The summed E-state index contributed by atoms with van der Waals surface area (Å²) < 4.78 is 5.13. The highest BCUT2D eigenvalue weighted by atomic mass is 16.5. The van der Waals surface area contributed by atoms with Crippen LogP contribution >= 0.6 is 0 Å². The minimum absolute atomic E-state index is 0.259. The molecule has 2 aromatic rings. The molecule has 0 saturated heterocycles. The van der Waals surface area contributed by atoms with Crippen LogP contribution in [-0.2, 0) is 9.53 Å².